The van der Waals surface area contributed by atoms with Crippen molar-refractivity contribution in [3.8, 4) is 0 Å². The van der Waals surface area contributed by atoms with E-state index in [1.165, 1.54) is 11.1 Å². The maximum absolute atomic E-state index is 9.97. The molecule has 1 nitrogen and oxygen atoms in total. The Balaban J connectivity index is 0.000000185. The number of hydrogen-bond acceptors (Lipinski definition) is 1. The molecule has 0 aliphatic rings. The average molecular weight is 302 g/mol. The second-order valence-corrected chi connectivity index (χ2v) is 5.33. The van der Waals surface area contributed by atoms with Crippen molar-refractivity contribution in [1.82, 2.24) is 0 Å². The van der Waals surface area contributed by atoms with Crippen LogP contribution in [0.4, 0.5) is 0 Å². The summed E-state index contributed by atoms with van der Waals surface area (Å²) in [5.41, 5.74) is 3.90. The van der Waals surface area contributed by atoms with Crippen LogP contribution in [0.5, 0.6) is 0 Å². The number of carbonyl (C=O) groups excluding carboxylic acids is 1. The summed E-state index contributed by atoms with van der Waals surface area (Å²) >= 11 is 0. The van der Waals surface area contributed by atoms with E-state index in [4.69, 9.17) is 0 Å². The van der Waals surface area contributed by atoms with Crippen LogP contribution in [0, 0.1) is 0 Å². The molecule has 0 atom stereocenters. The van der Waals surface area contributed by atoms with Gasteiger partial charge in [0.15, 0.2) is 0 Å². The zero-order valence-electron chi connectivity index (χ0n) is 13.3. The van der Waals surface area contributed by atoms with Crippen molar-refractivity contribution in [2.75, 3.05) is 0 Å². The van der Waals surface area contributed by atoms with Crippen LogP contribution in [0.1, 0.15) is 16.7 Å². The van der Waals surface area contributed by atoms with Gasteiger partial charge in [0.05, 0.1) is 0 Å². The van der Waals surface area contributed by atoms with Crippen LogP contribution < -0.4 is 0 Å². The first-order valence-corrected chi connectivity index (χ1v) is 7.94. The summed E-state index contributed by atoms with van der Waals surface area (Å²) in [4.78, 5) is 9.97. The van der Waals surface area contributed by atoms with Crippen LogP contribution in [-0.4, -0.2) is 6.29 Å². The lowest BCUT2D eigenvalue weighted by molar-refractivity contribution is -0.107. The van der Waals surface area contributed by atoms with Gasteiger partial charge in [-0.15, -0.1) is 0 Å². The van der Waals surface area contributed by atoms with Crippen molar-refractivity contribution in [3.63, 3.8) is 0 Å². The van der Waals surface area contributed by atoms with Crippen molar-refractivity contribution >= 4 is 6.29 Å². The molecule has 0 aliphatic carbocycles. The molecule has 23 heavy (non-hydrogen) atoms. The zero-order valence-corrected chi connectivity index (χ0v) is 13.3. The Hall–Kier alpha value is -2.67. The summed E-state index contributed by atoms with van der Waals surface area (Å²) in [6, 6.07) is 30.9. The number of aldehydes is 1. The predicted molar refractivity (Wildman–Crippen MR) is 96.5 cm³/mol. The van der Waals surface area contributed by atoms with Crippen LogP contribution in [0.15, 0.2) is 91.0 Å². The van der Waals surface area contributed by atoms with Gasteiger partial charge in [0.1, 0.15) is 6.29 Å². The molecule has 0 saturated carbocycles. The monoisotopic (exact) mass is 302 g/mol. The van der Waals surface area contributed by atoms with Crippen molar-refractivity contribution in [1.29, 1.82) is 0 Å². The third kappa shape index (κ3) is 6.75. The van der Waals surface area contributed by atoms with Crippen molar-refractivity contribution in [2.45, 2.75) is 19.3 Å². The molecule has 3 aromatic rings. The number of rotatable bonds is 5. The first-order valence-electron chi connectivity index (χ1n) is 7.94. The van der Waals surface area contributed by atoms with Gasteiger partial charge in [-0.3, -0.25) is 0 Å². The first-order chi connectivity index (χ1) is 11.4. The summed E-state index contributed by atoms with van der Waals surface area (Å²) in [6.45, 7) is 0. The summed E-state index contributed by atoms with van der Waals surface area (Å²) in [5.74, 6) is 0. The molecule has 1 heteroatoms. The first kappa shape index (κ1) is 16.7. The molecule has 0 spiro atoms. The molecule has 0 N–H and O–H groups in total. The third-order valence-electron chi connectivity index (χ3n) is 3.55. The summed E-state index contributed by atoms with van der Waals surface area (Å²) in [7, 11) is 0. The van der Waals surface area contributed by atoms with E-state index in [0.717, 1.165) is 24.7 Å². The smallest absolute Gasteiger partial charge is 0.124 e. The van der Waals surface area contributed by atoms with Crippen molar-refractivity contribution < 1.29 is 4.79 Å². The lowest BCUT2D eigenvalue weighted by atomic mass is 10.0. The van der Waals surface area contributed by atoms with E-state index in [1.807, 2.05) is 30.3 Å². The topological polar surface area (TPSA) is 17.1 Å². The minimum atomic E-state index is 0.529. The Morgan fingerprint density at radius 3 is 1.22 bits per heavy atom. The molecule has 0 aromatic heterocycles. The zero-order chi connectivity index (χ0) is 16.2. The molecule has 0 unspecified atom stereocenters. The molecular formula is C22H22O. The minimum absolute atomic E-state index is 0.529. The minimum Gasteiger partial charge on any atom is -0.303 e. The third-order valence-corrected chi connectivity index (χ3v) is 3.55. The Morgan fingerprint density at radius 1 is 0.522 bits per heavy atom. The lowest BCUT2D eigenvalue weighted by Crippen LogP contribution is -1.89. The Bertz CT molecular complexity index is 621. The molecule has 3 rings (SSSR count). The highest BCUT2D eigenvalue weighted by atomic mass is 16.1. The van der Waals surface area contributed by atoms with Crippen molar-refractivity contribution in [3.05, 3.63) is 108 Å². The Morgan fingerprint density at radius 2 is 0.870 bits per heavy atom. The van der Waals surface area contributed by atoms with Gasteiger partial charge in [-0.05, 0) is 29.5 Å². The largest absolute Gasteiger partial charge is 0.303 e. The second-order valence-electron chi connectivity index (χ2n) is 5.33. The van der Waals surface area contributed by atoms with Gasteiger partial charge in [-0.25, -0.2) is 0 Å². The van der Waals surface area contributed by atoms with Crippen LogP contribution in [0.2, 0.25) is 0 Å². The average Bonchev–Trinajstić information content (AvgIpc) is 2.64. The molecule has 0 amide bonds. The van der Waals surface area contributed by atoms with E-state index in [-0.39, 0.29) is 0 Å². The van der Waals surface area contributed by atoms with Gasteiger partial charge in [0, 0.05) is 6.42 Å². The van der Waals surface area contributed by atoms with Gasteiger partial charge >= 0.3 is 0 Å². The molecule has 3 aromatic carbocycles. The quantitative estimate of drug-likeness (QED) is 0.613. The van der Waals surface area contributed by atoms with Gasteiger partial charge in [-0.1, -0.05) is 91.0 Å². The van der Waals surface area contributed by atoms with E-state index in [9.17, 15) is 4.79 Å². The number of carbonyl (C=O) groups is 1. The van der Waals surface area contributed by atoms with E-state index >= 15 is 0 Å². The fraction of sp³-hybridized carbons (Fsp3) is 0.136. The lowest BCUT2D eigenvalue weighted by Gasteiger charge is -2.01. The highest BCUT2D eigenvalue weighted by molar-refractivity contribution is 5.54. The van der Waals surface area contributed by atoms with Gasteiger partial charge in [0.25, 0.3) is 0 Å². The normalized spacial score (nSPS) is 9.57. The molecule has 0 bridgehead atoms. The summed E-state index contributed by atoms with van der Waals surface area (Å²) < 4.78 is 0. The molecule has 0 radical (unpaired) electrons. The second kappa shape index (κ2) is 10.1. The van der Waals surface area contributed by atoms with Crippen LogP contribution in [0.3, 0.4) is 0 Å². The molecule has 116 valence electrons. The molecule has 0 heterocycles. The van der Waals surface area contributed by atoms with Crippen LogP contribution in [-0.2, 0) is 24.1 Å². The van der Waals surface area contributed by atoms with E-state index in [1.54, 1.807) is 0 Å². The molecular weight excluding hydrogens is 280 g/mol. The fourth-order valence-electron chi connectivity index (χ4n) is 2.29. The molecule has 0 saturated heterocycles. The van der Waals surface area contributed by atoms with Gasteiger partial charge < -0.3 is 4.79 Å². The van der Waals surface area contributed by atoms with Crippen LogP contribution in [0.25, 0.3) is 0 Å². The Kier molecular flexibility index (Phi) is 7.35. The summed E-state index contributed by atoms with van der Waals surface area (Å²) in [5, 5.41) is 0. The molecule has 0 aliphatic heterocycles. The number of benzene rings is 3. The number of hydrogen-bond donors (Lipinski definition) is 0. The fourth-order valence-corrected chi connectivity index (χ4v) is 2.29. The van der Waals surface area contributed by atoms with E-state index in [0.29, 0.717) is 6.42 Å². The van der Waals surface area contributed by atoms with E-state index in [2.05, 4.69) is 60.7 Å². The maximum Gasteiger partial charge on any atom is 0.124 e. The number of aryl methyl sites for hydroxylation is 2. The predicted octanol–water partition coefficient (Wildman–Crippen LogP) is 4.90. The SMILES string of the molecule is O=CCc1ccccc1.c1ccc(CCc2ccccc2)cc1. The molecule has 0 fully saturated rings. The van der Waals surface area contributed by atoms with Crippen molar-refractivity contribution in [2.24, 2.45) is 0 Å². The van der Waals surface area contributed by atoms with Crippen LogP contribution >= 0.6 is 0 Å². The van der Waals surface area contributed by atoms with Gasteiger partial charge in [0.2, 0.25) is 0 Å². The maximum atomic E-state index is 9.97. The highest BCUT2D eigenvalue weighted by Gasteiger charge is 1.93. The summed E-state index contributed by atoms with van der Waals surface area (Å²) in [6.07, 6.45) is 3.70. The van der Waals surface area contributed by atoms with E-state index < -0.39 is 0 Å². The highest BCUT2D eigenvalue weighted by Crippen LogP contribution is 2.06. The van der Waals surface area contributed by atoms with Gasteiger partial charge in [-0.2, -0.15) is 0 Å². The Labute approximate surface area is 138 Å². The standard InChI is InChI=1S/C14H14.C8H8O/c1-3-7-13(8-4-1)11-12-14-9-5-2-6-10-14;9-7-6-8-4-2-1-3-5-8/h1-10H,11-12H2;1-5,7H,6H2.